The van der Waals surface area contributed by atoms with Gasteiger partial charge in [0.1, 0.15) is 5.76 Å². The Kier molecular flexibility index (Phi) is 4.49. The Balaban J connectivity index is 1.79. The van der Waals surface area contributed by atoms with Gasteiger partial charge in [-0.1, -0.05) is 29.8 Å². The number of benzene rings is 1. The average Bonchev–Trinajstić information content (AvgIpc) is 3.09. The lowest BCUT2D eigenvalue weighted by Crippen LogP contribution is -2.27. The molecular weight excluding hydrogens is 324 g/mol. The zero-order valence-corrected chi connectivity index (χ0v) is 14.6. The van der Waals surface area contributed by atoms with Gasteiger partial charge in [-0.25, -0.2) is 0 Å². The maximum absolute atomic E-state index is 12.5. The van der Waals surface area contributed by atoms with E-state index >= 15 is 0 Å². The van der Waals surface area contributed by atoms with E-state index < -0.39 is 0 Å². The number of hydrogen-bond acceptors (Lipinski definition) is 5. The first-order valence-corrected chi connectivity index (χ1v) is 8.34. The molecule has 0 atom stereocenters. The molecule has 3 rings (SSSR count). The maximum atomic E-state index is 12.5. The monoisotopic (exact) mass is 342 g/mol. The molecule has 2 aromatic rings. The number of thioether (sulfide) groups is 1. The van der Waals surface area contributed by atoms with E-state index in [-0.39, 0.29) is 17.7 Å². The number of amides is 2. The minimum atomic E-state index is -0.283. The number of imide groups is 1. The van der Waals surface area contributed by atoms with Crippen LogP contribution >= 0.6 is 11.8 Å². The van der Waals surface area contributed by atoms with Crippen LogP contribution in [0.25, 0.3) is 6.08 Å². The fraction of sp³-hybridized carbons (Fsp3) is 0.222. The molecule has 1 aromatic heterocycles. The van der Waals surface area contributed by atoms with E-state index in [2.05, 4.69) is 0 Å². The lowest BCUT2D eigenvalue weighted by atomic mass is 10.1. The first kappa shape index (κ1) is 16.4. The fourth-order valence-electron chi connectivity index (χ4n) is 2.42. The van der Waals surface area contributed by atoms with Gasteiger partial charge >= 0.3 is 0 Å². The first-order chi connectivity index (χ1) is 11.4. The van der Waals surface area contributed by atoms with Crippen molar-refractivity contribution in [2.45, 2.75) is 13.5 Å². The molecule has 0 bridgehead atoms. The van der Waals surface area contributed by atoms with Gasteiger partial charge in [-0.05, 0) is 30.3 Å². The summed E-state index contributed by atoms with van der Waals surface area (Å²) in [6.07, 6.45) is 1.62. The summed E-state index contributed by atoms with van der Waals surface area (Å²) in [6, 6.07) is 11.4. The van der Waals surface area contributed by atoms with Crippen LogP contribution in [0.2, 0.25) is 0 Å². The molecule has 24 heavy (non-hydrogen) atoms. The molecule has 1 aliphatic heterocycles. The van der Waals surface area contributed by atoms with E-state index in [4.69, 9.17) is 4.42 Å². The van der Waals surface area contributed by atoms with Gasteiger partial charge in [-0.2, -0.15) is 0 Å². The molecule has 124 valence electrons. The van der Waals surface area contributed by atoms with E-state index in [0.29, 0.717) is 16.5 Å². The van der Waals surface area contributed by atoms with E-state index in [0.717, 1.165) is 22.9 Å². The summed E-state index contributed by atoms with van der Waals surface area (Å²) < 4.78 is 5.61. The number of carbonyl (C=O) groups excluding carboxylic acids is 2. The van der Waals surface area contributed by atoms with Crippen molar-refractivity contribution in [1.29, 1.82) is 0 Å². The van der Waals surface area contributed by atoms with Crippen molar-refractivity contribution in [3.05, 3.63) is 58.2 Å². The summed E-state index contributed by atoms with van der Waals surface area (Å²) in [5, 5.41) is -0.257. The molecule has 0 spiro atoms. The normalized spacial score (nSPS) is 16.3. The third-order valence-corrected chi connectivity index (χ3v) is 4.53. The highest BCUT2D eigenvalue weighted by Crippen LogP contribution is 2.34. The number of hydrogen-bond donors (Lipinski definition) is 0. The molecule has 0 aliphatic carbocycles. The van der Waals surface area contributed by atoms with Crippen LogP contribution in [-0.2, 0) is 11.3 Å². The highest BCUT2D eigenvalue weighted by atomic mass is 32.2. The standard InChI is InChI=1S/C18H18N2O3S/c1-12-5-4-6-13(9-12)11-20-17(21)15(24-18(20)22)10-14-7-8-16(23-14)19(2)3/h4-10H,11H2,1-3H3/b15-10-. The zero-order chi connectivity index (χ0) is 17.3. The molecule has 6 heteroatoms. The molecule has 0 N–H and O–H groups in total. The predicted molar refractivity (Wildman–Crippen MR) is 95.7 cm³/mol. The van der Waals surface area contributed by atoms with Crippen LogP contribution in [0, 0.1) is 6.92 Å². The minimum Gasteiger partial charge on any atom is -0.441 e. The van der Waals surface area contributed by atoms with Gasteiger partial charge in [0.15, 0.2) is 5.88 Å². The minimum absolute atomic E-state index is 0.257. The van der Waals surface area contributed by atoms with Crippen molar-refractivity contribution < 1.29 is 14.0 Å². The van der Waals surface area contributed by atoms with Crippen LogP contribution < -0.4 is 4.90 Å². The fourth-order valence-corrected chi connectivity index (χ4v) is 3.24. The van der Waals surface area contributed by atoms with Crippen LogP contribution in [-0.4, -0.2) is 30.1 Å². The second kappa shape index (κ2) is 6.57. The van der Waals surface area contributed by atoms with Gasteiger partial charge in [0.2, 0.25) is 0 Å². The number of rotatable bonds is 4. The van der Waals surface area contributed by atoms with Gasteiger partial charge in [0, 0.05) is 26.2 Å². The summed E-state index contributed by atoms with van der Waals surface area (Å²) in [4.78, 5) is 28.2. The largest absolute Gasteiger partial charge is 0.441 e. The van der Waals surface area contributed by atoms with Crippen LogP contribution in [0.15, 0.2) is 45.7 Å². The predicted octanol–water partition coefficient (Wildman–Crippen LogP) is 3.89. The molecule has 0 unspecified atom stereocenters. The third kappa shape index (κ3) is 3.38. The smallest absolute Gasteiger partial charge is 0.293 e. The Bertz CT molecular complexity index is 823. The van der Waals surface area contributed by atoms with Crippen LogP contribution in [0.4, 0.5) is 10.7 Å². The summed E-state index contributed by atoms with van der Waals surface area (Å²) >= 11 is 0.943. The van der Waals surface area contributed by atoms with Crippen molar-refractivity contribution in [3.63, 3.8) is 0 Å². The number of carbonyl (C=O) groups is 2. The number of nitrogens with zero attached hydrogens (tertiary/aromatic N) is 2. The van der Waals surface area contributed by atoms with Crippen LogP contribution in [0.5, 0.6) is 0 Å². The Morgan fingerprint density at radius 3 is 2.67 bits per heavy atom. The second-order valence-corrected chi connectivity index (χ2v) is 6.82. The summed E-state index contributed by atoms with van der Waals surface area (Å²) in [7, 11) is 3.75. The topological polar surface area (TPSA) is 53.8 Å². The molecule has 1 aromatic carbocycles. The zero-order valence-electron chi connectivity index (χ0n) is 13.8. The van der Waals surface area contributed by atoms with E-state index in [9.17, 15) is 9.59 Å². The quantitative estimate of drug-likeness (QED) is 0.789. The van der Waals surface area contributed by atoms with Crippen molar-refractivity contribution in [1.82, 2.24) is 4.90 Å². The highest BCUT2D eigenvalue weighted by Gasteiger charge is 2.35. The second-order valence-electron chi connectivity index (χ2n) is 5.83. The summed E-state index contributed by atoms with van der Waals surface area (Å²) in [5.41, 5.74) is 2.04. The lowest BCUT2D eigenvalue weighted by Gasteiger charge is -2.12. The molecule has 5 nitrogen and oxygen atoms in total. The van der Waals surface area contributed by atoms with Crippen molar-refractivity contribution >= 4 is 34.9 Å². The Labute approximate surface area is 144 Å². The Hall–Kier alpha value is -2.47. The average molecular weight is 342 g/mol. The maximum Gasteiger partial charge on any atom is 0.293 e. The van der Waals surface area contributed by atoms with Gasteiger partial charge in [-0.3, -0.25) is 14.5 Å². The summed E-state index contributed by atoms with van der Waals surface area (Å²) in [6.45, 7) is 2.27. The first-order valence-electron chi connectivity index (χ1n) is 7.52. The molecule has 1 aliphatic rings. The van der Waals surface area contributed by atoms with Crippen molar-refractivity contribution in [2.24, 2.45) is 0 Å². The number of aryl methyl sites for hydroxylation is 1. The van der Waals surface area contributed by atoms with Crippen LogP contribution in [0.3, 0.4) is 0 Å². The van der Waals surface area contributed by atoms with Gasteiger partial charge in [0.25, 0.3) is 11.1 Å². The van der Waals surface area contributed by atoms with Crippen molar-refractivity contribution in [2.75, 3.05) is 19.0 Å². The molecule has 0 saturated carbocycles. The van der Waals surface area contributed by atoms with Crippen LogP contribution in [0.1, 0.15) is 16.9 Å². The lowest BCUT2D eigenvalue weighted by molar-refractivity contribution is -0.123. The Morgan fingerprint density at radius 2 is 2.00 bits per heavy atom. The van der Waals surface area contributed by atoms with E-state index in [1.807, 2.05) is 56.3 Å². The van der Waals surface area contributed by atoms with Gasteiger partial charge in [0.05, 0.1) is 11.4 Å². The van der Waals surface area contributed by atoms with Gasteiger partial charge < -0.3 is 9.32 Å². The van der Waals surface area contributed by atoms with Crippen molar-refractivity contribution in [3.8, 4) is 0 Å². The molecule has 0 radical (unpaired) electrons. The number of furan rings is 1. The number of anilines is 1. The third-order valence-electron chi connectivity index (χ3n) is 3.62. The van der Waals surface area contributed by atoms with E-state index in [1.165, 1.54) is 4.90 Å². The Morgan fingerprint density at radius 1 is 1.21 bits per heavy atom. The SMILES string of the molecule is Cc1cccc(CN2C(=O)S/C(=C\c3ccc(N(C)C)o3)C2=O)c1. The molecule has 1 saturated heterocycles. The van der Waals surface area contributed by atoms with Gasteiger partial charge in [-0.15, -0.1) is 0 Å². The molecule has 2 amide bonds. The molecule has 1 fully saturated rings. The summed E-state index contributed by atoms with van der Waals surface area (Å²) in [5.74, 6) is 0.967. The molecule has 2 heterocycles. The van der Waals surface area contributed by atoms with E-state index in [1.54, 1.807) is 12.1 Å². The molecular formula is C18H18N2O3S. The highest BCUT2D eigenvalue weighted by molar-refractivity contribution is 8.18.